The van der Waals surface area contributed by atoms with Gasteiger partial charge in [-0.25, -0.2) is 4.79 Å². The molecule has 1 N–H and O–H groups in total. The molecule has 1 saturated carbocycles. The van der Waals surface area contributed by atoms with Crippen LogP contribution in [0.4, 0.5) is 13.2 Å². The van der Waals surface area contributed by atoms with Crippen molar-refractivity contribution in [3.05, 3.63) is 0 Å². The first-order valence-corrected chi connectivity index (χ1v) is 4.38. The Hall–Kier alpha value is -1.27. The molecule has 1 atom stereocenters. The number of aliphatic carboxylic acids is 1. The molecule has 2 rings (SSSR count). The molecule has 0 aromatic heterocycles. The fourth-order valence-electron chi connectivity index (χ4n) is 2.07. The number of rotatable bonds is 1. The summed E-state index contributed by atoms with van der Waals surface area (Å²) in [5.74, 6) is -3.40. The third kappa shape index (κ3) is 1.37. The van der Waals surface area contributed by atoms with Crippen LogP contribution in [0.1, 0.15) is 12.8 Å². The van der Waals surface area contributed by atoms with Crippen LogP contribution in [0.15, 0.2) is 0 Å². The molecule has 1 spiro atoms. The van der Waals surface area contributed by atoms with Crippen LogP contribution < -0.4 is 0 Å². The van der Waals surface area contributed by atoms with E-state index < -0.39 is 29.5 Å². The molecule has 4 nitrogen and oxygen atoms in total. The highest BCUT2D eigenvalue weighted by molar-refractivity contribution is 5.90. The van der Waals surface area contributed by atoms with E-state index in [0.717, 1.165) is 0 Å². The molecule has 84 valence electrons. The number of carboxylic acid groups (broad SMARTS) is 1. The lowest BCUT2D eigenvalue weighted by Crippen LogP contribution is -2.66. The maximum Gasteiger partial charge on any atom is 0.471 e. The van der Waals surface area contributed by atoms with E-state index in [4.69, 9.17) is 5.11 Å². The van der Waals surface area contributed by atoms with Gasteiger partial charge in [-0.1, -0.05) is 0 Å². The number of hydrogen-bond donors (Lipinski definition) is 1. The number of hydrogen-bond acceptors (Lipinski definition) is 2. The molecular formula is C8H8F3NO3. The molecule has 1 unspecified atom stereocenters. The van der Waals surface area contributed by atoms with Crippen LogP contribution in [0.2, 0.25) is 0 Å². The molecule has 1 saturated heterocycles. The largest absolute Gasteiger partial charge is 0.480 e. The summed E-state index contributed by atoms with van der Waals surface area (Å²) in [5, 5.41) is 8.73. The average molecular weight is 223 g/mol. The number of carbonyl (C=O) groups excluding carboxylic acids is 1. The maximum absolute atomic E-state index is 12.0. The molecule has 1 aliphatic heterocycles. The second-order valence-electron chi connectivity index (χ2n) is 4.03. The average Bonchev–Trinajstić information content (AvgIpc) is 2.76. The maximum atomic E-state index is 12.0. The van der Waals surface area contributed by atoms with E-state index in [0.29, 0.717) is 17.7 Å². The predicted octanol–water partition coefficient (Wildman–Crippen LogP) is 0.624. The van der Waals surface area contributed by atoms with Gasteiger partial charge in [-0.15, -0.1) is 0 Å². The summed E-state index contributed by atoms with van der Waals surface area (Å²) in [4.78, 5) is 21.9. The van der Waals surface area contributed by atoms with Gasteiger partial charge in [0, 0.05) is 12.0 Å². The van der Waals surface area contributed by atoms with Crippen molar-refractivity contribution in [1.29, 1.82) is 0 Å². The van der Waals surface area contributed by atoms with Crippen molar-refractivity contribution in [1.82, 2.24) is 4.90 Å². The van der Waals surface area contributed by atoms with Gasteiger partial charge in [-0.05, 0) is 12.8 Å². The van der Waals surface area contributed by atoms with E-state index in [-0.39, 0.29) is 6.54 Å². The van der Waals surface area contributed by atoms with Crippen LogP contribution >= 0.6 is 0 Å². The molecule has 1 amide bonds. The topological polar surface area (TPSA) is 57.6 Å². The number of carboxylic acids is 1. The lowest BCUT2D eigenvalue weighted by Gasteiger charge is -2.46. The van der Waals surface area contributed by atoms with E-state index in [1.54, 1.807) is 0 Å². The second kappa shape index (κ2) is 2.65. The molecule has 15 heavy (non-hydrogen) atoms. The van der Waals surface area contributed by atoms with Crippen molar-refractivity contribution in [2.45, 2.75) is 25.1 Å². The summed E-state index contributed by atoms with van der Waals surface area (Å²) in [7, 11) is 0. The molecular weight excluding hydrogens is 215 g/mol. The Morgan fingerprint density at radius 1 is 1.33 bits per heavy atom. The predicted molar refractivity (Wildman–Crippen MR) is 40.9 cm³/mol. The van der Waals surface area contributed by atoms with Gasteiger partial charge in [0.1, 0.15) is 6.04 Å². The van der Waals surface area contributed by atoms with Gasteiger partial charge in [0.15, 0.2) is 0 Å². The summed E-state index contributed by atoms with van der Waals surface area (Å²) >= 11 is 0. The summed E-state index contributed by atoms with van der Waals surface area (Å²) in [6.07, 6.45) is -3.80. The lowest BCUT2D eigenvalue weighted by molar-refractivity contribution is -0.202. The monoisotopic (exact) mass is 223 g/mol. The first-order valence-electron chi connectivity index (χ1n) is 4.38. The molecule has 0 bridgehead atoms. The van der Waals surface area contributed by atoms with Crippen LogP contribution in [-0.2, 0) is 9.59 Å². The second-order valence-corrected chi connectivity index (χ2v) is 4.03. The smallest absolute Gasteiger partial charge is 0.471 e. The minimum absolute atomic E-state index is 0.0810. The van der Waals surface area contributed by atoms with Gasteiger partial charge in [0.2, 0.25) is 0 Å². The Balaban J connectivity index is 2.13. The Labute approximate surface area is 82.7 Å². The number of alkyl halides is 3. The van der Waals surface area contributed by atoms with Gasteiger partial charge < -0.3 is 10.0 Å². The molecule has 2 aliphatic rings. The first kappa shape index (κ1) is 10.3. The number of amides is 1. The Kier molecular flexibility index (Phi) is 1.81. The molecule has 1 aliphatic carbocycles. The third-order valence-corrected chi connectivity index (χ3v) is 3.01. The normalized spacial score (nSPS) is 27.4. The van der Waals surface area contributed by atoms with Crippen molar-refractivity contribution >= 4 is 11.9 Å². The summed E-state index contributed by atoms with van der Waals surface area (Å²) in [5.41, 5.74) is -0.563. The van der Waals surface area contributed by atoms with E-state index >= 15 is 0 Å². The van der Waals surface area contributed by atoms with Gasteiger partial charge in [-0.2, -0.15) is 13.2 Å². The highest BCUT2D eigenvalue weighted by Gasteiger charge is 2.67. The van der Waals surface area contributed by atoms with Crippen molar-refractivity contribution in [3.8, 4) is 0 Å². The minimum Gasteiger partial charge on any atom is -0.480 e. The van der Waals surface area contributed by atoms with Crippen molar-refractivity contribution < 1.29 is 27.9 Å². The van der Waals surface area contributed by atoms with Crippen LogP contribution in [-0.4, -0.2) is 40.6 Å². The molecule has 2 fully saturated rings. The van der Waals surface area contributed by atoms with E-state index in [1.807, 2.05) is 0 Å². The van der Waals surface area contributed by atoms with Crippen LogP contribution in [0.3, 0.4) is 0 Å². The molecule has 0 aromatic rings. The number of halogens is 3. The number of likely N-dealkylation sites (tertiary alicyclic amines) is 1. The van der Waals surface area contributed by atoms with Crippen molar-refractivity contribution in [2.75, 3.05) is 6.54 Å². The molecule has 0 radical (unpaired) electrons. The lowest BCUT2D eigenvalue weighted by atomic mass is 9.85. The van der Waals surface area contributed by atoms with Crippen molar-refractivity contribution in [2.24, 2.45) is 5.41 Å². The highest BCUT2D eigenvalue weighted by atomic mass is 19.4. The van der Waals surface area contributed by atoms with Gasteiger partial charge in [0.05, 0.1) is 0 Å². The number of carbonyl (C=O) groups is 2. The van der Waals surface area contributed by atoms with Crippen LogP contribution in [0.25, 0.3) is 0 Å². The van der Waals surface area contributed by atoms with Gasteiger partial charge in [-0.3, -0.25) is 4.79 Å². The minimum atomic E-state index is -4.98. The molecule has 7 heteroatoms. The van der Waals surface area contributed by atoms with Crippen LogP contribution in [0, 0.1) is 5.41 Å². The van der Waals surface area contributed by atoms with Gasteiger partial charge in [0.25, 0.3) is 0 Å². The van der Waals surface area contributed by atoms with Gasteiger partial charge >= 0.3 is 18.1 Å². The molecule has 1 heterocycles. The highest BCUT2D eigenvalue weighted by Crippen LogP contribution is 2.58. The zero-order valence-electron chi connectivity index (χ0n) is 7.54. The molecule has 0 aromatic carbocycles. The summed E-state index contributed by atoms with van der Waals surface area (Å²) in [6, 6.07) is -1.29. The Morgan fingerprint density at radius 2 is 1.87 bits per heavy atom. The van der Waals surface area contributed by atoms with E-state index in [9.17, 15) is 22.8 Å². The summed E-state index contributed by atoms with van der Waals surface area (Å²) in [6.45, 7) is -0.0810. The number of nitrogens with zero attached hydrogens (tertiary/aromatic N) is 1. The van der Waals surface area contributed by atoms with E-state index in [2.05, 4.69) is 0 Å². The quantitative estimate of drug-likeness (QED) is 0.709. The zero-order chi connectivity index (χ0) is 11.4. The SMILES string of the molecule is O=C(O)C1N(C(=O)C(F)(F)F)CC12CC2. The zero-order valence-corrected chi connectivity index (χ0v) is 7.54. The Morgan fingerprint density at radius 3 is 2.20 bits per heavy atom. The summed E-state index contributed by atoms with van der Waals surface area (Å²) < 4.78 is 36.1. The fourth-order valence-corrected chi connectivity index (χ4v) is 2.07. The van der Waals surface area contributed by atoms with Crippen LogP contribution in [0.5, 0.6) is 0 Å². The van der Waals surface area contributed by atoms with Crippen molar-refractivity contribution in [3.63, 3.8) is 0 Å². The first-order chi connectivity index (χ1) is 6.78. The fraction of sp³-hybridized carbons (Fsp3) is 0.750. The Bertz CT molecular complexity index is 335. The standard InChI is InChI=1S/C8H8F3NO3/c9-8(10,11)6(15)12-3-7(1-2-7)4(12)5(13)14/h4H,1-3H2,(H,13,14). The van der Waals surface area contributed by atoms with E-state index in [1.165, 1.54) is 0 Å². The third-order valence-electron chi connectivity index (χ3n) is 3.01.